The maximum absolute atomic E-state index is 2.43. The van der Waals surface area contributed by atoms with Gasteiger partial charge in [0.15, 0.2) is 6.54 Å². The Kier molecular flexibility index (Phi) is 7.20. The number of nitrogens with zero attached hydrogens (tertiary/aromatic N) is 3. The maximum Gasteiger partial charge on any atom is 0.262 e. The van der Waals surface area contributed by atoms with Gasteiger partial charge < -0.3 is 9.80 Å². The highest BCUT2D eigenvalue weighted by Gasteiger charge is 2.37. The Morgan fingerprint density at radius 3 is 2.50 bits per heavy atom. The molecule has 0 unspecified atom stereocenters. The van der Waals surface area contributed by atoms with Gasteiger partial charge in [0.2, 0.25) is 5.52 Å². The van der Waals surface area contributed by atoms with Crippen molar-refractivity contribution in [3.8, 4) is 0 Å². The van der Waals surface area contributed by atoms with Crippen LogP contribution in [-0.4, -0.2) is 32.6 Å². The lowest BCUT2D eigenvalue weighted by atomic mass is 9.84. The number of allylic oxidation sites excluding steroid dienone is 7. The molecule has 0 saturated heterocycles. The number of para-hydroxylation sites is 1. The second-order valence-electron chi connectivity index (χ2n) is 9.75. The smallest absolute Gasteiger partial charge is 0.262 e. The minimum atomic E-state index is 0.0129. The molecule has 1 aliphatic heterocycles. The van der Waals surface area contributed by atoms with E-state index in [9.17, 15) is 0 Å². The number of fused-ring (bicyclic) bond motifs is 2. The molecule has 0 atom stereocenters. The average molecular weight is 471 g/mol. The molecule has 0 spiro atoms. The second kappa shape index (κ2) is 10.1. The molecule has 176 valence electrons. The van der Waals surface area contributed by atoms with Crippen molar-refractivity contribution in [3.05, 3.63) is 101 Å². The molecule has 0 fully saturated rings. The molecule has 34 heavy (non-hydrogen) atoms. The highest BCUT2D eigenvalue weighted by Crippen LogP contribution is 2.46. The third kappa shape index (κ3) is 4.94. The number of likely N-dealkylation sites (N-methyl/N-ethyl adjacent to an activating group) is 2. The van der Waals surface area contributed by atoms with Crippen LogP contribution in [0.25, 0.3) is 16.3 Å². The van der Waals surface area contributed by atoms with Crippen LogP contribution >= 0.6 is 11.3 Å². The lowest BCUT2D eigenvalue weighted by molar-refractivity contribution is -0.668. The van der Waals surface area contributed by atoms with E-state index in [2.05, 4.69) is 141 Å². The first-order chi connectivity index (χ1) is 16.3. The Morgan fingerprint density at radius 2 is 1.74 bits per heavy atom. The zero-order valence-corrected chi connectivity index (χ0v) is 22.1. The third-order valence-electron chi connectivity index (χ3n) is 6.54. The first-order valence-electron chi connectivity index (χ1n) is 11.9. The van der Waals surface area contributed by atoms with Crippen molar-refractivity contribution in [1.82, 2.24) is 4.90 Å². The van der Waals surface area contributed by atoms with Crippen molar-refractivity contribution >= 4 is 33.3 Å². The maximum atomic E-state index is 2.43. The third-order valence-corrected chi connectivity index (χ3v) is 7.65. The van der Waals surface area contributed by atoms with Gasteiger partial charge in [-0.15, -0.1) is 0 Å². The number of thiazole rings is 1. The highest BCUT2D eigenvalue weighted by molar-refractivity contribution is 7.18. The molecule has 0 N–H and O–H groups in total. The van der Waals surface area contributed by atoms with E-state index in [-0.39, 0.29) is 5.41 Å². The molecular formula is C30H36N3S+. The molecule has 3 nitrogen and oxygen atoms in total. The van der Waals surface area contributed by atoms with E-state index in [0.29, 0.717) is 0 Å². The Balaban J connectivity index is 1.47. The lowest BCUT2D eigenvalue weighted by Crippen LogP contribution is -2.39. The number of rotatable bonds is 7. The van der Waals surface area contributed by atoms with Crippen molar-refractivity contribution in [2.75, 3.05) is 32.6 Å². The van der Waals surface area contributed by atoms with E-state index in [1.54, 1.807) is 0 Å². The van der Waals surface area contributed by atoms with Crippen molar-refractivity contribution < 1.29 is 4.57 Å². The molecule has 0 radical (unpaired) electrons. The van der Waals surface area contributed by atoms with Crippen molar-refractivity contribution in [1.29, 1.82) is 0 Å². The van der Waals surface area contributed by atoms with Crippen LogP contribution in [0.3, 0.4) is 0 Å². The van der Waals surface area contributed by atoms with E-state index >= 15 is 0 Å². The summed E-state index contributed by atoms with van der Waals surface area (Å²) in [5, 5.41) is 1.28. The number of anilines is 1. The highest BCUT2D eigenvalue weighted by atomic mass is 32.1. The van der Waals surface area contributed by atoms with Crippen molar-refractivity contribution in [3.63, 3.8) is 0 Å². The van der Waals surface area contributed by atoms with Gasteiger partial charge in [0, 0.05) is 36.0 Å². The monoisotopic (exact) mass is 470 g/mol. The number of aromatic nitrogens is 1. The topological polar surface area (TPSA) is 10.4 Å². The molecule has 2 heterocycles. The van der Waals surface area contributed by atoms with E-state index in [4.69, 9.17) is 0 Å². The number of benzene rings is 2. The van der Waals surface area contributed by atoms with Crippen LogP contribution in [0, 0.1) is 6.92 Å². The fourth-order valence-corrected chi connectivity index (χ4v) is 5.85. The summed E-state index contributed by atoms with van der Waals surface area (Å²) in [6.07, 6.45) is 15.1. The van der Waals surface area contributed by atoms with Gasteiger partial charge in [-0.1, -0.05) is 79.8 Å². The summed E-state index contributed by atoms with van der Waals surface area (Å²) in [4.78, 5) is 4.54. The predicted octanol–water partition coefficient (Wildman–Crippen LogP) is 6.50. The number of hydrogen-bond acceptors (Lipinski definition) is 3. The van der Waals surface area contributed by atoms with Crippen LogP contribution in [0.4, 0.5) is 5.69 Å². The van der Waals surface area contributed by atoms with E-state index in [1.165, 1.54) is 37.7 Å². The molecule has 0 aliphatic carbocycles. The van der Waals surface area contributed by atoms with E-state index in [0.717, 1.165) is 13.1 Å². The predicted molar refractivity (Wildman–Crippen MR) is 149 cm³/mol. The van der Waals surface area contributed by atoms with E-state index in [1.807, 2.05) is 11.3 Å². The summed E-state index contributed by atoms with van der Waals surface area (Å²) >= 11 is 1.86. The van der Waals surface area contributed by atoms with E-state index < -0.39 is 0 Å². The molecule has 1 aliphatic rings. The summed E-state index contributed by atoms with van der Waals surface area (Å²) in [6.45, 7) is 8.76. The molecule has 4 heteroatoms. The van der Waals surface area contributed by atoms with Crippen molar-refractivity contribution in [2.24, 2.45) is 0 Å². The molecular weight excluding hydrogens is 434 g/mol. The first-order valence-corrected chi connectivity index (χ1v) is 12.7. The SMILES string of the molecule is Cc1ccc2c(c1)sc(/C=C/C=C/C=C/C=C1/N(C)c3ccccc3C1(C)C)[n+]2CCN(C)C. The summed E-state index contributed by atoms with van der Waals surface area (Å²) in [7, 11) is 6.41. The van der Waals surface area contributed by atoms with Gasteiger partial charge in [-0.05, 0) is 50.4 Å². The summed E-state index contributed by atoms with van der Waals surface area (Å²) in [6, 6.07) is 15.4. The molecule has 0 amide bonds. The van der Waals surface area contributed by atoms with Crippen LogP contribution in [0.5, 0.6) is 0 Å². The molecule has 1 aromatic heterocycles. The summed E-state index contributed by atoms with van der Waals surface area (Å²) in [5.74, 6) is 0. The Labute approximate surface area is 208 Å². The quantitative estimate of drug-likeness (QED) is 0.288. The van der Waals surface area contributed by atoms with Gasteiger partial charge in [-0.2, -0.15) is 4.57 Å². The summed E-state index contributed by atoms with van der Waals surface area (Å²) in [5.41, 5.74) is 6.64. The van der Waals surface area contributed by atoms with Crippen LogP contribution < -0.4 is 9.47 Å². The molecule has 0 bridgehead atoms. The largest absolute Gasteiger partial charge is 0.347 e. The minimum Gasteiger partial charge on any atom is -0.347 e. The Morgan fingerprint density at radius 1 is 1.00 bits per heavy atom. The van der Waals surface area contributed by atoms with Gasteiger partial charge in [0.05, 0.1) is 6.54 Å². The van der Waals surface area contributed by atoms with Crippen LogP contribution in [0.2, 0.25) is 0 Å². The minimum absolute atomic E-state index is 0.0129. The Bertz CT molecular complexity index is 1290. The average Bonchev–Trinajstić information content (AvgIpc) is 3.23. The Hall–Kier alpha value is -2.95. The van der Waals surface area contributed by atoms with Crippen molar-refractivity contribution in [2.45, 2.75) is 32.7 Å². The number of aryl methyl sites for hydroxylation is 1. The van der Waals surface area contributed by atoms with Crippen LogP contribution in [0.15, 0.2) is 84.6 Å². The van der Waals surface area contributed by atoms with Gasteiger partial charge in [0.1, 0.15) is 4.70 Å². The first kappa shape index (κ1) is 24.2. The second-order valence-corrected chi connectivity index (χ2v) is 10.8. The summed E-state index contributed by atoms with van der Waals surface area (Å²) < 4.78 is 3.78. The molecule has 0 saturated carbocycles. The standard InChI is InChI=1S/C30H36N3S/c1-23-18-19-26-27(22-23)34-29(33(26)21-20-31(4)5)17-11-9-7-8-10-16-28-30(2,3)24-14-12-13-15-25(24)32(28)6/h7-19,22H,20-21H2,1-6H3/q+1. The normalized spacial score (nSPS) is 16.9. The number of hydrogen-bond donors (Lipinski definition) is 0. The van der Waals surface area contributed by atoms with Gasteiger partial charge >= 0.3 is 0 Å². The zero-order chi connectivity index (χ0) is 24.3. The zero-order valence-electron chi connectivity index (χ0n) is 21.2. The molecule has 2 aromatic carbocycles. The molecule has 3 aromatic rings. The fourth-order valence-electron chi connectivity index (χ4n) is 4.65. The van der Waals surface area contributed by atoms with Crippen LogP contribution in [0.1, 0.15) is 30.0 Å². The van der Waals surface area contributed by atoms with Gasteiger partial charge in [-0.25, -0.2) is 0 Å². The fraction of sp³-hybridized carbons (Fsp3) is 0.300. The van der Waals surface area contributed by atoms with Gasteiger partial charge in [0.25, 0.3) is 5.01 Å². The lowest BCUT2D eigenvalue weighted by Gasteiger charge is -2.23. The van der Waals surface area contributed by atoms with Crippen LogP contribution in [-0.2, 0) is 12.0 Å². The van der Waals surface area contributed by atoms with Gasteiger partial charge in [-0.3, -0.25) is 0 Å². The molecule has 4 rings (SSSR count).